The van der Waals surface area contributed by atoms with Gasteiger partial charge in [-0.1, -0.05) is 36.7 Å². The third-order valence-corrected chi connectivity index (χ3v) is 2.30. The summed E-state index contributed by atoms with van der Waals surface area (Å²) in [5.41, 5.74) is 6.64. The van der Waals surface area contributed by atoms with Crippen LogP contribution in [-0.2, 0) is 6.54 Å². The molecule has 0 bridgehead atoms. The minimum atomic E-state index is 0. The van der Waals surface area contributed by atoms with Crippen LogP contribution in [0.25, 0.3) is 0 Å². The normalized spacial score (nSPS) is 10.8. The molecular weight excluding hydrogens is 336 g/mol. The Morgan fingerprint density at radius 1 is 1.44 bits per heavy atom. The van der Waals surface area contributed by atoms with Crippen molar-refractivity contribution < 1.29 is 0 Å². The fourth-order valence-electron chi connectivity index (χ4n) is 1.11. The summed E-state index contributed by atoms with van der Waals surface area (Å²) >= 11 is 5.98. The number of nitrogens with zero attached hydrogens (tertiary/aromatic N) is 1. The Balaban J connectivity index is 0.00000225. The third kappa shape index (κ3) is 5.55. The van der Waals surface area contributed by atoms with Crippen LogP contribution in [-0.4, -0.2) is 12.5 Å². The number of nitrogens with two attached hydrogens (primary N) is 1. The van der Waals surface area contributed by atoms with Gasteiger partial charge in [0, 0.05) is 11.6 Å². The molecule has 0 fully saturated rings. The summed E-state index contributed by atoms with van der Waals surface area (Å²) in [4.78, 5) is 4.19. The third-order valence-electron chi connectivity index (χ3n) is 1.93. The van der Waals surface area contributed by atoms with Gasteiger partial charge in [0.25, 0.3) is 0 Å². The Morgan fingerprint density at radius 2 is 2.12 bits per heavy atom. The van der Waals surface area contributed by atoms with E-state index >= 15 is 0 Å². The first-order chi connectivity index (χ1) is 7.24. The van der Waals surface area contributed by atoms with E-state index in [1.807, 2.05) is 24.3 Å². The lowest BCUT2D eigenvalue weighted by molar-refractivity contribution is 0.825. The summed E-state index contributed by atoms with van der Waals surface area (Å²) in [6.45, 7) is 3.44. The molecule has 0 spiro atoms. The molecule has 0 amide bonds. The van der Waals surface area contributed by atoms with E-state index in [2.05, 4.69) is 17.2 Å². The lowest BCUT2D eigenvalue weighted by atomic mass is 10.2. The molecule has 3 N–H and O–H groups in total. The molecule has 0 radical (unpaired) electrons. The number of halogens is 2. The first-order valence-electron chi connectivity index (χ1n) is 5.01. The van der Waals surface area contributed by atoms with Crippen molar-refractivity contribution in [2.75, 3.05) is 6.54 Å². The zero-order valence-electron chi connectivity index (χ0n) is 9.24. The molecular formula is C11H17ClIN3. The Morgan fingerprint density at radius 3 is 2.75 bits per heavy atom. The van der Waals surface area contributed by atoms with Gasteiger partial charge in [-0.15, -0.1) is 24.0 Å². The minimum absolute atomic E-state index is 0. The van der Waals surface area contributed by atoms with Gasteiger partial charge in [-0.25, -0.2) is 4.99 Å². The van der Waals surface area contributed by atoms with Gasteiger partial charge in [-0.3, -0.25) is 0 Å². The summed E-state index contributed by atoms with van der Waals surface area (Å²) in [6, 6.07) is 7.63. The number of benzene rings is 1. The molecule has 0 aliphatic heterocycles. The zero-order valence-corrected chi connectivity index (χ0v) is 12.3. The SMILES string of the molecule is CCCNC(N)=NCc1ccccc1Cl.I. The summed E-state index contributed by atoms with van der Waals surface area (Å²) in [7, 11) is 0. The molecule has 1 rings (SSSR count). The standard InChI is InChI=1S/C11H16ClN3.HI/c1-2-7-14-11(13)15-8-9-5-3-4-6-10(9)12;/h3-6H,2,7-8H2,1H3,(H3,13,14,15);1H. The van der Waals surface area contributed by atoms with Crippen molar-refractivity contribution in [3.63, 3.8) is 0 Å². The van der Waals surface area contributed by atoms with Crippen LogP contribution >= 0.6 is 35.6 Å². The van der Waals surface area contributed by atoms with E-state index in [1.165, 1.54) is 0 Å². The second kappa shape index (κ2) is 8.64. The predicted octanol–water partition coefficient (Wildman–Crippen LogP) is 2.77. The van der Waals surface area contributed by atoms with Gasteiger partial charge in [0.05, 0.1) is 6.54 Å². The van der Waals surface area contributed by atoms with Gasteiger partial charge in [0.2, 0.25) is 0 Å². The first-order valence-corrected chi connectivity index (χ1v) is 5.39. The molecule has 0 aliphatic rings. The van der Waals surface area contributed by atoms with Crippen molar-refractivity contribution >= 4 is 41.5 Å². The smallest absolute Gasteiger partial charge is 0.188 e. The van der Waals surface area contributed by atoms with E-state index in [1.54, 1.807) is 0 Å². The van der Waals surface area contributed by atoms with Crippen molar-refractivity contribution in [1.82, 2.24) is 5.32 Å². The maximum atomic E-state index is 5.98. The monoisotopic (exact) mass is 353 g/mol. The van der Waals surface area contributed by atoms with Crippen molar-refractivity contribution in [3.8, 4) is 0 Å². The maximum Gasteiger partial charge on any atom is 0.188 e. The van der Waals surface area contributed by atoms with Crippen LogP contribution in [0.15, 0.2) is 29.3 Å². The van der Waals surface area contributed by atoms with Crippen LogP contribution in [0.1, 0.15) is 18.9 Å². The number of hydrogen-bond acceptors (Lipinski definition) is 1. The Hall–Kier alpha value is -0.490. The van der Waals surface area contributed by atoms with Crippen LogP contribution < -0.4 is 11.1 Å². The largest absolute Gasteiger partial charge is 0.370 e. The second-order valence-corrected chi connectivity index (χ2v) is 3.63. The molecule has 3 nitrogen and oxygen atoms in total. The van der Waals surface area contributed by atoms with E-state index in [9.17, 15) is 0 Å². The molecule has 1 aromatic rings. The van der Waals surface area contributed by atoms with Gasteiger partial charge in [-0.2, -0.15) is 0 Å². The number of guanidine groups is 1. The first kappa shape index (κ1) is 15.5. The quantitative estimate of drug-likeness (QED) is 0.497. The van der Waals surface area contributed by atoms with E-state index in [-0.39, 0.29) is 24.0 Å². The summed E-state index contributed by atoms with van der Waals surface area (Å²) in [6.07, 6.45) is 1.03. The van der Waals surface area contributed by atoms with E-state index in [0.29, 0.717) is 12.5 Å². The molecule has 0 atom stereocenters. The van der Waals surface area contributed by atoms with Crippen LogP contribution in [0.3, 0.4) is 0 Å². The Bertz CT molecular complexity index is 342. The number of rotatable bonds is 4. The van der Waals surface area contributed by atoms with Crippen LogP contribution in [0.5, 0.6) is 0 Å². The highest BCUT2D eigenvalue weighted by molar-refractivity contribution is 14.0. The van der Waals surface area contributed by atoms with Crippen LogP contribution in [0.2, 0.25) is 5.02 Å². The number of hydrogen-bond donors (Lipinski definition) is 2. The highest BCUT2D eigenvalue weighted by Gasteiger charge is 1.97. The number of nitrogens with one attached hydrogen (secondary N) is 1. The summed E-state index contributed by atoms with van der Waals surface area (Å²) in [5, 5.41) is 3.73. The molecule has 5 heteroatoms. The molecule has 90 valence electrons. The van der Waals surface area contributed by atoms with Crippen molar-refractivity contribution in [2.24, 2.45) is 10.7 Å². The minimum Gasteiger partial charge on any atom is -0.370 e. The van der Waals surface area contributed by atoms with Gasteiger partial charge in [0.1, 0.15) is 0 Å². The van der Waals surface area contributed by atoms with Crippen molar-refractivity contribution in [1.29, 1.82) is 0 Å². The number of aliphatic imine (C=N–C) groups is 1. The van der Waals surface area contributed by atoms with Gasteiger partial charge in [0.15, 0.2) is 5.96 Å². The van der Waals surface area contributed by atoms with Crippen LogP contribution in [0.4, 0.5) is 0 Å². The lowest BCUT2D eigenvalue weighted by Gasteiger charge is -2.04. The predicted molar refractivity (Wildman–Crippen MR) is 80.5 cm³/mol. The van der Waals surface area contributed by atoms with Gasteiger partial charge < -0.3 is 11.1 Å². The molecule has 0 aromatic heterocycles. The molecule has 16 heavy (non-hydrogen) atoms. The van der Waals surface area contributed by atoms with Gasteiger partial charge >= 0.3 is 0 Å². The van der Waals surface area contributed by atoms with E-state index < -0.39 is 0 Å². The maximum absolute atomic E-state index is 5.98. The Kier molecular flexibility index (Phi) is 8.37. The lowest BCUT2D eigenvalue weighted by Crippen LogP contribution is -2.32. The van der Waals surface area contributed by atoms with E-state index in [4.69, 9.17) is 17.3 Å². The zero-order chi connectivity index (χ0) is 11.1. The van der Waals surface area contributed by atoms with Crippen molar-refractivity contribution in [2.45, 2.75) is 19.9 Å². The van der Waals surface area contributed by atoms with Crippen molar-refractivity contribution in [3.05, 3.63) is 34.9 Å². The molecule has 0 unspecified atom stereocenters. The fourth-order valence-corrected chi connectivity index (χ4v) is 1.30. The molecule has 0 aliphatic carbocycles. The average Bonchev–Trinajstić information content (AvgIpc) is 2.25. The van der Waals surface area contributed by atoms with Crippen LogP contribution in [0, 0.1) is 0 Å². The van der Waals surface area contributed by atoms with Gasteiger partial charge in [-0.05, 0) is 18.1 Å². The molecule has 0 saturated heterocycles. The molecule has 1 aromatic carbocycles. The van der Waals surface area contributed by atoms with E-state index in [0.717, 1.165) is 23.6 Å². The topological polar surface area (TPSA) is 50.4 Å². The average molecular weight is 354 g/mol. The highest BCUT2D eigenvalue weighted by atomic mass is 127. The fraction of sp³-hybridized carbons (Fsp3) is 0.364. The highest BCUT2D eigenvalue weighted by Crippen LogP contribution is 2.15. The Labute approximate surface area is 118 Å². The molecule has 0 heterocycles. The second-order valence-electron chi connectivity index (χ2n) is 3.22. The summed E-state index contributed by atoms with van der Waals surface area (Å²) < 4.78 is 0. The molecule has 0 saturated carbocycles. The summed E-state index contributed by atoms with van der Waals surface area (Å²) in [5.74, 6) is 0.469.